The molecule has 5 nitrogen and oxygen atoms in total. The highest BCUT2D eigenvalue weighted by atomic mass is 19.1. The van der Waals surface area contributed by atoms with Gasteiger partial charge in [0.15, 0.2) is 0 Å². The van der Waals surface area contributed by atoms with Crippen molar-refractivity contribution in [1.29, 1.82) is 0 Å². The lowest BCUT2D eigenvalue weighted by Gasteiger charge is -2.55. The molecule has 0 saturated heterocycles. The van der Waals surface area contributed by atoms with E-state index in [4.69, 9.17) is 0 Å². The van der Waals surface area contributed by atoms with Gasteiger partial charge in [-0.15, -0.1) is 0 Å². The topological polar surface area (TPSA) is 74.0 Å². The Morgan fingerprint density at radius 2 is 1.39 bits per heavy atom. The van der Waals surface area contributed by atoms with Gasteiger partial charge in [-0.05, 0) is 123 Å². The molecular weight excluding hydrogens is 477 g/mol. The van der Waals surface area contributed by atoms with Gasteiger partial charge >= 0.3 is 0 Å². The maximum atomic E-state index is 13.4. The third kappa shape index (κ3) is 4.18. The molecule has 4 aromatic rings. The van der Waals surface area contributed by atoms with Gasteiger partial charge in [0.05, 0.1) is 5.41 Å². The van der Waals surface area contributed by atoms with Gasteiger partial charge in [-0.2, -0.15) is 0 Å². The summed E-state index contributed by atoms with van der Waals surface area (Å²) in [6.07, 6.45) is 7.16. The van der Waals surface area contributed by atoms with Crippen LogP contribution in [-0.2, 0) is 4.79 Å². The van der Waals surface area contributed by atoms with Crippen LogP contribution in [0, 0.1) is 29.0 Å². The summed E-state index contributed by atoms with van der Waals surface area (Å²) in [6, 6.07) is 21.2. The number of anilines is 2. The van der Waals surface area contributed by atoms with Crippen LogP contribution >= 0.6 is 0 Å². The molecule has 4 fully saturated rings. The average molecular weight is 508 g/mol. The number of halogens is 1. The fourth-order valence-electron chi connectivity index (χ4n) is 7.56. The molecule has 4 bridgehead atoms. The van der Waals surface area contributed by atoms with Gasteiger partial charge in [-0.1, -0.05) is 12.1 Å². The lowest BCUT2D eigenvalue weighted by Crippen LogP contribution is -2.51. The first-order valence-corrected chi connectivity index (χ1v) is 13.5. The summed E-state index contributed by atoms with van der Waals surface area (Å²) in [6.45, 7) is 0. The number of H-pyrrole nitrogens is 1. The van der Waals surface area contributed by atoms with E-state index in [0.717, 1.165) is 64.9 Å². The van der Waals surface area contributed by atoms with E-state index in [0.29, 0.717) is 11.3 Å². The number of aromatic nitrogens is 1. The third-order valence-electron chi connectivity index (χ3n) is 8.96. The molecule has 4 aliphatic rings. The second-order valence-electron chi connectivity index (χ2n) is 11.7. The molecule has 0 aliphatic heterocycles. The standard InChI is InChI=1S/C32H30FN3O2/c33-25-5-1-23(2-6-25)30(37)34-27-9-10-28-24(14-27)15-29(36-28)22-3-7-26(8-4-22)35-31(38)32-16-19-11-20(17-32)13-21(12-19)18-32/h1-10,14-15,19-21,36H,11-13,16-18H2,(H,34,37)(H,35,38). The number of rotatable bonds is 5. The van der Waals surface area contributed by atoms with Crippen molar-refractivity contribution in [2.75, 3.05) is 10.6 Å². The maximum absolute atomic E-state index is 13.4. The predicted octanol–water partition coefficient (Wildman–Crippen LogP) is 7.38. The first kappa shape index (κ1) is 23.2. The third-order valence-corrected chi connectivity index (χ3v) is 8.96. The molecule has 0 unspecified atom stereocenters. The molecule has 1 aromatic heterocycles. The summed E-state index contributed by atoms with van der Waals surface area (Å²) in [7, 11) is 0. The summed E-state index contributed by atoms with van der Waals surface area (Å²) in [5, 5.41) is 7.08. The molecule has 2 amide bonds. The van der Waals surface area contributed by atoms with Gasteiger partial charge in [0, 0.05) is 33.5 Å². The van der Waals surface area contributed by atoms with Gasteiger partial charge in [0.2, 0.25) is 5.91 Å². The van der Waals surface area contributed by atoms with Crippen LogP contribution in [0.3, 0.4) is 0 Å². The SMILES string of the molecule is O=C(Nc1ccc2[nH]c(-c3ccc(NC(=O)C45CC6CC(CC(C6)C4)C5)cc3)cc2c1)c1ccc(F)cc1. The van der Waals surface area contributed by atoms with Crippen LogP contribution in [0.15, 0.2) is 72.8 Å². The van der Waals surface area contributed by atoms with Gasteiger partial charge in [-0.25, -0.2) is 4.39 Å². The number of hydrogen-bond donors (Lipinski definition) is 3. The lowest BCUT2D eigenvalue weighted by atomic mass is 9.49. The van der Waals surface area contributed by atoms with Crippen molar-refractivity contribution < 1.29 is 14.0 Å². The van der Waals surface area contributed by atoms with Crippen LogP contribution in [0.2, 0.25) is 0 Å². The zero-order chi connectivity index (χ0) is 25.9. The van der Waals surface area contributed by atoms with E-state index in [-0.39, 0.29) is 23.0 Å². The highest BCUT2D eigenvalue weighted by Gasteiger charge is 2.54. The van der Waals surface area contributed by atoms with Crippen molar-refractivity contribution in [2.24, 2.45) is 23.2 Å². The first-order chi connectivity index (χ1) is 18.4. The molecular formula is C32H30FN3O2. The van der Waals surface area contributed by atoms with Crippen LogP contribution in [-0.4, -0.2) is 16.8 Å². The minimum absolute atomic E-state index is 0.158. The summed E-state index contributed by atoms with van der Waals surface area (Å²) in [5.74, 6) is 1.78. The Morgan fingerprint density at radius 1 is 0.763 bits per heavy atom. The highest BCUT2D eigenvalue weighted by molar-refractivity contribution is 6.05. The average Bonchev–Trinajstić information content (AvgIpc) is 3.32. The van der Waals surface area contributed by atoms with E-state index in [1.165, 1.54) is 43.5 Å². The molecule has 4 saturated carbocycles. The fourth-order valence-corrected chi connectivity index (χ4v) is 7.56. The molecule has 3 aromatic carbocycles. The predicted molar refractivity (Wildman–Crippen MR) is 147 cm³/mol. The molecule has 38 heavy (non-hydrogen) atoms. The summed E-state index contributed by atoms with van der Waals surface area (Å²) >= 11 is 0. The van der Waals surface area contributed by atoms with E-state index in [2.05, 4.69) is 15.6 Å². The van der Waals surface area contributed by atoms with Crippen molar-refractivity contribution in [2.45, 2.75) is 38.5 Å². The normalized spacial score (nSPS) is 25.4. The minimum atomic E-state index is -0.374. The smallest absolute Gasteiger partial charge is 0.255 e. The van der Waals surface area contributed by atoms with E-state index in [1.807, 2.05) is 48.5 Å². The molecule has 8 rings (SSSR count). The number of hydrogen-bond acceptors (Lipinski definition) is 2. The van der Waals surface area contributed by atoms with Gasteiger partial charge in [0.1, 0.15) is 5.82 Å². The Bertz CT molecular complexity index is 1500. The number of fused-ring (bicyclic) bond motifs is 1. The number of carbonyl (C=O) groups excluding carboxylic acids is 2. The summed E-state index contributed by atoms with van der Waals surface area (Å²) < 4.78 is 13.2. The quantitative estimate of drug-likeness (QED) is 0.264. The molecule has 4 aliphatic carbocycles. The van der Waals surface area contributed by atoms with Gasteiger partial charge in [0.25, 0.3) is 5.91 Å². The van der Waals surface area contributed by atoms with E-state index < -0.39 is 0 Å². The number of nitrogens with one attached hydrogen (secondary N) is 3. The molecule has 0 atom stereocenters. The Morgan fingerprint density at radius 3 is 2.05 bits per heavy atom. The summed E-state index contributed by atoms with van der Waals surface area (Å²) in [5.41, 5.74) is 4.69. The zero-order valence-corrected chi connectivity index (χ0v) is 21.1. The van der Waals surface area contributed by atoms with Gasteiger partial charge in [-0.3, -0.25) is 9.59 Å². The molecule has 3 N–H and O–H groups in total. The van der Waals surface area contributed by atoms with E-state index in [9.17, 15) is 14.0 Å². The van der Waals surface area contributed by atoms with Crippen molar-refractivity contribution in [3.05, 3.63) is 84.2 Å². The Balaban J connectivity index is 1.05. The van der Waals surface area contributed by atoms with Gasteiger partial charge < -0.3 is 15.6 Å². The van der Waals surface area contributed by atoms with Crippen LogP contribution in [0.1, 0.15) is 48.9 Å². The number of benzene rings is 3. The Labute approximate surface area is 220 Å². The number of aromatic amines is 1. The van der Waals surface area contributed by atoms with Crippen LogP contribution in [0.5, 0.6) is 0 Å². The minimum Gasteiger partial charge on any atom is -0.355 e. The van der Waals surface area contributed by atoms with Crippen LogP contribution < -0.4 is 10.6 Å². The van der Waals surface area contributed by atoms with Crippen molar-refractivity contribution in [3.8, 4) is 11.3 Å². The largest absolute Gasteiger partial charge is 0.355 e. The maximum Gasteiger partial charge on any atom is 0.255 e. The van der Waals surface area contributed by atoms with Crippen molar-refractivity contribution >= 4 is 34.1 Å². The monoisotopic (exact) mass is 507 g/mol. The highest BCUT2D eigenvalue weighted by Crippen LogP contribution is 2.60. The summed E-state index contributed by atoms with van der Waals surface area (Å²) in [4.78, 5) is 29.3. The Kier molecular flexibility index (Phi) is 5.39. The molecule has 0 radical (unpaired) electrons. The van der Waals surface area contributed by atoms with Crippen molar-refractivity contribution in [1.82, 2.24) is 4.98 Å². The molecule has 0 spiro atoms. The molecule has 6 heteroatoms. The number of amides is 2. The first-order valence-electron chi connectivity index (χ1n) is 13.5. The van der Waals surface area contributed by atoms with Crippen LogP contribution in [0.25, 0.3) is 22.2 Å². The van der Waals surface area contributed by atoms with Crippen LogP contribution in [0.4, 0.5) is 15.8 Å². The molecule has 1 heterocycles. The lowest BCUT2D eigenvalue weighted by molar-refractivity contribution is -0.140. The number of carbonyl (C=O) groups is 2. The van der Waals surface area contributed by atoms with Crippen molar-refractivity contribution in [3.63, 3.8) is 0 Å². The van der Waals surface area contributed by atoms with E-state index in [1.54, 1.807) is 0 Å². The fraction of sp³-hybridized carbons (Fsp3) is 0.312. The second kappa shape index (κ2) is 8.83. The van der Waals surface area contributed by atoms with E-state index >= 15 is 0 Å². The second-order valence-corrected chi connectivity index (χ2v) is 11.7. The Hall–Kier alpha value is -3.93. The zero-order valence-electron chi connectivity index (χ0n) is 21.1. The molecule has 192 valence electrons.